The van der Waals surface area contributed by atoms with E-state index in [9.17, 15) is 13.5 Å². The van der Waals surface area contributed by atoms with E-state index in [2.05, 4.69) is 25.1 Å². The second kappa shape index (κ2) is 8.06. The number of nitrogens with zero attached hydrogens (tertiary/aromatic N) is 4. The number of aliphatic hydroxyl groups excluding tert-OH is 1. The lowest BCUT2D eigenvalue weighted by Crippen LogP contribution is -2.38. The average Bonchev–Trinajstić information content (AvgIpc) is 2.94. The Bertz CT molecular complexity index is 698. The van der Waals surface area contributed by atoms with Crippen molar-refractivity contribution in [1.29, 1.82) is 0 Å². The van der Waals surface area contributed by atoms with Gasteiger partial charge in [0.15, 0.2) is 0 Å². The Labute approximate surface area is 155 Å². The average molecular weight is 384 g/mol. The molecule has 1 aromatic heterocycles. The third-order valence-corrected chi connectivity index (χ3v) is 6.88. The summed E-state index contributed by atoms with van der Waals surface area (Å²) in [5.41, 5.74) is 0. The van der Waals surface area contributed by atoms with Gasteiger partial charge in [-0.05, 0) is 39.3 Å². The predicted octanol–water partition coefficient (Wildman–Crippen LogP) is 0.215. The first kappa shape index (κ1) is 19.3. The van der Waals surface area contributed by atoms with Crippen LogP contribution in [0, 0.1) is 5.92 Å². The number of rotatable bonds is 6. The second-order valence-corrected chi connectivity index (χ2v) is 10.00. The fraction of sp³-hybridized carbons (Fsp3) is 0.765. The van der Waals surface area contributed by atoms with Crippen LogP contribution in [0.25, 0.3) is 0 Å². The van der Waals surface area contributed by atoms with E-state index in [4.69, 9.17) is 0 Å². The molecule has 0 bridgehead atoms. The number of likely N-dealkylation sites (N-methyl/N-ethyl adjacent to an activating group) is 1. The highest BCUT2D eigenvalue weighted by atomic mass is 32.2. The minimum absolute atomic E-state index is 0.228. The molecule has 2 fully saturated rings. The molecule has 1 aromatic rings. The molecular formula is C17H29N5O3S. The molecule has 0 spiro atoms. The molecule has 0 unspecified atom stereocenters. The van der Waals surface area contributed by atoms with Crippen LogP contribution in [0.1, 0.15) is 19.3 Å². The summed E-state index contributed by atoms with van der Waals surface area (Å²) >= 11 is 0. The number of nitrogens with one attached hydrogen (secondary N) is 1. The van der Waals surface area contributed by atoms with E-state index in [1.807, 2.05) is 20.2 Å². The Kier molecular flexibility index (Phi) is 5.99. The number of hydrogen-bond donors (Lipinski definition) is 2. The third kappa shape index (κ3) is 5.05. The van der Waals surface area contributed by atoms with Gasteiger partial charge in [0.05, 0.1) is 17.6 Å². The lowest BCUT2D eigenvalue weighted by atomic mass is 10.0. The first-order valence-electron chi connectivity index (χ1n) is 9.18. The summed E-state index contributed by atoms with van der Waals surface area (Å²) in [5, 5.41) is 13.4. The number of anilines is 2. The summed E-state index contributed by atoms with van der Waals surface area (Å²) in [7, 11) is 1.23. The standard InChI is InChI=1S/C17H29N5O3S/c1-21(2)10-14-7-15(23)11-22(14)17-8-16(19-12-20-17)18-9-13-3-5-26(24,25)6-4-13/h8,12-15,23H,3-7,9-11H2,1-2H3,(H,18,19,20)/t14-,15-/m1/s1. The quantitative estimate of drug-likeness (QED) is 0.720. The van der Waals surface area contributed by atoms with Crippen molar-refractivity contribution in [1.82, 2.24) is 14.9 Å². The van der Waals surface area contributed by atoms with Crippen LogP contribution in [-0.2, 0) is 9.84 Å². The Morgan fingerprint density at radius 2 is 2.04 bits per heavy atom. The largest absolute Gasteiger partial charge is 0.391 e. The van der Waals surface area contributed by atoms with Crippen LogP contribution < -0.4 is 10.2 Å². The third-order valence-electron chi connectivity index (χ3n) is 5.16. The molecule has 146 valence electrons. The van der Waals surface area contributed by atoms with Crippen LogP contribution >= 0.6 is 0 Å². The molecule has 0 aliphatic carbocycles. The molecule has 2 N–H and O–H groups in total. The zero-order valence-corrected chi connectivity index (χ0v) is 16.3. The SMILES string of the molecule is CN(C)C[C@H]1C[C@@H](O)CN1c1cc(NCC2CCS(=O)(=O)CC2)ncn1. The smallest absolute Gasteiger partial charge is 0.150 e. The fourth-order valence-electron chi connectivity index (χ4n) is 3.76. The summed E-state index contributed by atoms with van der Waals surface area (Å²) in [6.07, 6.45) is 3.35. The number of β-amino-alcohol motifs (C(OH)–C–C–N with tert-alkyl or cyclic N) is 1. The molecule has 2 aliphatic rings. The molecule has 2 aliphatic heterocycles. The number of hydrogen-bond acceptors (Lipinski definition) is 8. The predicted molar refractivity (Wildman–Crippen MR) is 102 cm³/mol. The summed E-state index contributed by atoms with van der Waals surface area (Å²) in [4.78, 5) is 12.9. The zero-order valence-electron chi connectivity index (χ0n) is 15.5. The van der Waals surface area contributed by atoms with Gasteiger partial charge in [-0.1, -0.05) is 0 Å². The van der Waals surface area contributed by atoms with E-state index in [1.54, 1.807) is 6.33 Å². The Morgan fingerprint density at radius 1 is 1.31 bits per heavy atom. The van der Waals surface area contributed by atoms with E-state index >= 15 is 0 Å². The Balaban J connectivity index is 1.61. The van der Waals surface area contributed by atoms with Gasteiger partial charge >= 0.3 is 0 Å². The summed E-state index contributed by atoms with van der Waals surface area (Å²) in [6.45, 7) is 2.16. The summed E-state index contributed by atoms with van der Waals surface area (Å²) in [5.74, 6) is 2.48. The maximum absolute atomic E-state index is 11.5. The topological polar surface area (TPSA) is 98.7 Å². The van der Waals surface area contributed by atoms with Crippen LogP contribution in [0.15, 0.2) is 12.4 Å². The Morgan fingerprint density at radius 3 is 2.73 bits per heavy atom. The van der Waals surface area contributed by atoms with Gasteiger partial charge in [-0.15, -0.1) is 0 Å². The van der Waals surface area contributed by atoms with Crippen molar-refractivity contribution in [3.05, 3.63) is 12.4 Å². The molecule has 0 amide bonds. The number of sulfone groups is 1. The minimum atomic E-state index is -2.83. The molecule has 0 aromatic carbocycles. The monoisotopic (exact) mass is 383 g/mol. The van der Waals surface area contributed by atoms with Gasteiger partial charge in [-0.3, -0.25) is 0 Å². The molecule has 26 heavy (non-hydrogen) atoms. The van der Waals surface area contributed by atoms with Gasteiger partial charge in [0, 0.05) is 31.7 Å². The van der Waals surface area contributed by atoms with E-state index in [0.717, 1.165) is 31.1 Å². The molecule has 8 nitrogen and oxygen atoms in total. The van der Waals surface area contributed by atoms with Crippen molar-refractivity contribution in [3.8, 4) is 0 Å². The lowest BCUT2D eigenvalue weighted by Gasteiger charge is -2.28. The molecule has 0 radical (unpaired) electrons. The van der Waals surface area contributed by atoms with Crippen LogP contribution in [0.2, 0.25) is 0 Å². The first-order chi connectivity index (χ1) is 12.3. The molecular weight excluding hydrogens is 354 g/mol. The van der Waals surface area contributed by atoms with Gasteiger partial charge in [-0.2, -0.15) is 0 Å². The van der Waals surface area contributed by atoms with Crippen molar-refractivity contribution in [2.24, 2.45) is 5.92 Å². The van der Waals surface area contributed by atoms with Crippen molar-refractivity contribution < 1.29 is 13.5 Å². The fourth-order valence-corrected chi connectivity index (χ4v) is 5.35. The van der Waals surface area contributed by atoms with Gasteiger partial charge in [-0.25, -0.2) is 18.4 Å². The van der Waals surface area contributed by atoms with E-state index < -0.39 is 9.84 Å². The molecule has 2 atom stereocenters. The molecule has 3 rings (SSSR count). The normalized spacial score (nSPS) is 26.4. The van der Waals surface area contributed by atoms with E-state index in [1.165, 1.54) is 0 Å². The highest BCUT2D eigenvalue weighted by Gasteiger charge is 2.32. The van der Waals surface area contributed by atoms with Crippen molar-refractivity contribution in [2.45, 2.75) is 31.4 Å². The maximum atomic E-state index is 11.5. The van der Waals surface area contributed by atoms with E-state index in [0.29, 0.717) is 25.3 Å². The van der Waals surface area contributed by atoms with E-state index in [-0.39, 0.29) is 23.7 Å². The van der Waals surface area contributed by atoms with Crippen molar-refractivity contribution in [3.63, 3.8) is 0 Å². The molecule has 2 saturated heterocycles. The lowest BCUT2D eigenvalue weighted by molar-refractivity contribution is 0.191. The minimum Gasteiger partial charge on any atom is -0.391 e. The number of aromatic nitrogens is 2. The summed E-state index contributed by atoms with van der Waals surface area (Å²) < 4.78 is 23.1. The van der Waals surface area contributed by atoms with Crippen LogP contribution in [-0.4, -0.2) is 85.8 Å². The number of aliphatic hydroxyl groups is 1. The van der Waals surface area contributed by atoms with Crippen LogP contribution in [0.4, 0.5) is 11.6 Å². The van der Waals surface area contributed by atoms with Gasteiger partial charge < -0.3 is 20.2 Å². The highest BCUT2D eigenvalue weighted by Crippen LogP contribution is 2.26. The van der Waals surface area contributed by atoms with Gasteiger partial charge in [0.2, 0.25) is 0 Å². The van der Waals surface area contributed by atoms with Crippen molar-refractivity contribution in [2.75, 3.05) is 55.5 Å². The summed E-state index contributed by atoms with van der Waals surface area (Å²) in [6, 6.07) is 2.14. The van der Waals surface area contributed by atoms with Gasteiger partial charge in [0.1, 0.15) is 27.8 Å². The zero-order chi connectivity index (χ0) is 18.7. The highest BCUT2D eigenvalue weighted by molar-refractivity contribution is 7.91. The van der Waals surface area contributed by atoms with Crippen LogP contribution in [0.3, 0.4) is 0 Å². The first-order valence-corrected chi connectivity index (χ1v) is 11.0. The maximum Gasteiger partial charge on any atom is 0.150 e. The van der Waals surface area contributed by atoms with Gasteiger partial charge in [0.25, 0.3) is 0 Å². The van der Waals surface area contributed by atoms with Crippen molar-refractivity contribution >= 4 is 21.5 Å². The molecule has 9 heteroatoms. The molecule has 3 heterocycles. The van der Waals surface area contributed by atoms with Crippen LogP contribution in [0.5, 0.6) is 0 Å². The Hall–Kier alpha value is -1.45. The molecule has 0 saturated carbocycles. The second-order valence-electron chi connectivity index (χ2n) is 7.70.